The number of esters is 1. The third kappa shape index (κ3) is 6.58. The molecule has 0 aliphatic heterocycles. The van der Waals surface area contributed by atoms with Gasteiger partial charge in [-0.25, -0.2) is 9.78 Å². The van der Waals surface area contributed by atoms with E-state index in [4.69, 9.17) is 30.1 Å². The van der Waals surface area contributed by atoms with Gasteiger partial charge in [-0.1, -0.05) is 31.2 Å². The lowest BCUT2D eigenvalue weighted by molar-refractivity contribution is -0.144. The zero-order chi connectivity index (χ0) is 33.0. The third-order valence-electron chi connectivity index (χ3n) is 6.96. The first kappa shape index (κ1) is 31.4. The Labute approximate surface area is 265 Å². The highest BCUT2D eigenvalue weighted by Crippen LogP contribution is 2.39. The topological polar surface area (TPSA) is 168 Å². The zero-order valence-electron chi connectivity index (χ0n) is 26.0. The van der Waals surface area contributed by atoms with Crippen LogP contribution in [0.5, 0.6) is 34.9 Å². The molecule has 0 saturated heterocycles. The number of para-hydroxylation sites is 1. The highest BCUT2D eigenvalue weighted by Gasteiger charge is 2.28. The van der Waals surface area contributed by atoms with E-state index in [-0.39, 0.29) is 46.3 Å². The van der Waals surface area contributed by atoms with Gasteiger partial charge >= 0.3 is 12.0 Å². The molecule has 13 nitrogen and oxygen atoms in total. The van der Waals surface area contributed by atoms with Crippen molar-refractivity contribution < 1.29 is 28.5 Å². The lowest BCUT2D eigenvalue weighted by atomic mass is 10.2. The van der Waals surface area contributed by atoms with Crippen LogP contribution < -0.4 is 19.9 Å². The van der Waals surface area contributed by atoms with E-state index in [0.717, 1.165) is 0 Å². The van der Waals surface area contributed by atoms with Crippen LogP contribution in [-0.4, -0.2) is 63.3 Å². The summed E-state index contributed by atoms with van der Waals surface area (Å²) in [6, 6.07) is 19.6. The van der Waals surface area contributed by atoms with Gasteiger partial charge in [0.25, 0.3) is 11.8 Å². The van der Waals surface area contributed by atoms with E-state index in [1.54, 1.807) is 80.2 Å². The van der Waals surface area contributed by atoms with Crippen LogP contribution in [0.4, 0.5) is 0 Å². The van der Waals surface area contributed by atoms with E-state index in [0.29, 0.717) is 34.9 Å². The summed E-state index contributed by atoms with van der Waals surface area (Å²) in [5.41, 5.74) is 7.11. The van der Waals surface area contributed by atoms with Gasteiger partial charge in [0.2, 0.25) is 0 Å². The number of ether oxygens (including phenoxy) is 4. The number of amidine groups is 1. The number of carbonyl (C=O) groups is 2. The van der Waals surface area contributed by atoms with E-state index >= 15 is 0 Å². The number of nitrogen functional groups attached to an aromatic ring is 1. The summed E-state index contributed by atoms with van der Waals surface area (Å²) in [5, 5.41) is 7.92. The molecule has 3 aromatic carbocycles. The van der Waals surface area contributed by atoms with E-state index in [1.165, 1.54) is 12.0 Å². The zero-order valence-corrected chi connectivity index (χ0v) is 26.0. The molecule has 2 heterocycles. The molecule has 1 atom stereocenters. The molecule has 46 heavy (non-hydrogen) atoms. The van der Waals surface area contributed by atoms with Crippen LogP contribution in [-0.2, 0) is 9.53 Å². The van der Waals surface area contributed by atoms with Crippen LogP contribution in [0, 0.1) is 12.3 Å². The molecule has 0 fully saturated rings. The van der Waals surface area contributed by atoms with Crippen molar-refractivity contribution in [1.29, 1.82) is 5.41 Å². The first-order chi connectivity index (χ1) is 22.1. The molecule has 3 N–H and O–H groups in total. The van der Waals surface area contributed by atoms with Crippen LogP contribution in [0.3, 0.4) is 0 Å². The summed E-state index contributed by atoms with van der Waals surface area (Å²) < 4.78 is 25.3. The van der Waals surface area contributed by atoms with E-state index < -0.39 is 12.0 Å². The number of benzene rings is 3. The monoisotopic (exact) mass is 623 g/mol. The molecule has 1 unspecified atom stereocenters. The minimum atomic E-state index is -0.738. The maximum Gasteiger partial charge on any atom is 0.328 e. The van der Waals surface area contributed by atoms with E-state index in [1.807, 2.05) is 25.1 Å². The largest absolute Gasteiger partial charge is 0.467 e. The molecule has 0 bridgehead atoms. The number of methoxy groups -OCH3 is 1. The van der Waals surface area contributed by atoms with Gasteiger partial charge in [0, 0.05) is 25.2 Å². The molecule has 5 aromatic rings. The summed E-state index contributed by atoms with van der Waals surface area (Å²) in [6.07, 6.45) is 0.394. The van der Waals surface area contributed by atoms with E-state index in [2.05, 4.69) is 15.0 Å². The standard InChI is InChI=1S/C33H33N7O6/c1-6-24(32(42)43-5)40-19(2)36-27-29(40)37-33(45-23-14-10-11-21(17-23)31(41)39(3)4)38-30(27)46-25-16-15-20(28(34)35)18-26(25)44-22-12-8-7-9-13-22/h7-18,24H,6H2,1-5H3,(H3,34,35). The second-order valence-corrected chi connectivity index (χ2v) is 10.4. The first-order valence-corrected chi connectivity index (χ1v) is 14.3. The van der Waals surface area contributed by atoms with Gasteiger partial charge in [-0.2, -0.15) is 9.97 Å². The summed E-state index contributed by atoms with van der Waals surface area (Å²) in [5.74, 6) is 0.990. The van der Waals surface area contributed by atoms with Crippen molar-refractivity contribution >= 4 is 28.9 Å². The predicted molar refractivity (Wildman–Crippen MR) is 170 cm³/mol. The Hall–Kier alpha value is -5.98. The number of nitrogens with two attached hydrogens (primary N) is 1. The highest BCUT2D eigenvalue weighted by atomic mass is 16.5. The number of hydrogen-bond donors (Lipinski definition) is 2. The van der Waals surface area contributed by atoms with Gasteiger partial charge in [-0.3, -0.25) is 14.8 Å². The van der Waals surface area contributed by atoms with Crippen LogP contribution in [0.25, 0.3) is 11.2 Å². The fourth-order valence-electron chi connectivity index (χ4n) is 4.73. The van der Waals surface area contributed by atoms with Gasteiger partial charge < -0.3 is 29.6 Å². The first-order valence-electron chi connectivity index (χ1n) is 14.3. The maximum absolute atomic E-state index is 12.8. The number of nitrogens with one attached hydrogen (secondary N) is 1. The Bertz CT molecular complexity index is 1920. The molecule has 0 radical (unpaired) electrons. The van der Waals surface area contributed by atoms with Crippen molar-refractivity contribution in [2.24, 2.45) is 5.73 Å². The number of imidazole rings is 1. The van der Waals surface area contributed by atoms with Crippen molar-refractivity contribution in [3.8, 4) is 34.9 Å². The number of nitrogens with zero attached hydrogens (tertiary/aromatic N) is 5. The van der Waals surface area contributed by atoms with Crippen molar-refractivity contribution in [3.05, 3.63) is 89.7 Å². The van der Waals surface area contributed by atoms with Gasteiger partial charge in [0.05, 0.1) is 7.11 Å². The molecule has 236 valence electrons. The molecule has 0 saturated carbocycles. The number of fused-ring (bicyclic) bond motifs is 1. The molecular formula is C33H33N7O6. The van der Waals surface area contributed by atoms with Crippen molar-refractivity contribution in [2.75, 3.05) is 21.2 Å². The number of hydrogen-bond acceptors (Lipinski definition) is 10. The lowest BCUT2D eigenvalue weighted by Crippen LogP contribution is -2.21. The fraction of sp³-hybridized carbons (Fsp3) is 0.212. The second kappa shape index (κ2) is 13.3. The smallest absolute Gasteiger partial charge is 0.328 e. The van der Waals surface area contributed by atoms with Crippen molar-refractivity contribution in [2.45, 2.75) is 26.3 Å². The van der Waals surface area contributed by atoms with Gasteiger partial charge in [-0.05, 0) is 61.9 Å². The molecular weight excluding hydrogens is 590 g/mol. The molecule has 5 rings (SSSR count). The lowest BCUT2D eigenvalue weighted by Gasteiger charge is -2.17. The Morgan fingerprint density at radius 2 is 1.63 bits per heavy atom. The Balaban J connectivity index is 1.65. The Morgan fingerprint density at radius 3 is 2.30 bits per heavy atom. The third-order valence-corrected chi connectivity index (χ3v) is 6.96. The van der Waals surface area contributed by atoms with Gasteiger partial charge in [0.1, 0.15) is 29.2 Å². The minimum Gasteiger partial charge on any atom is -0.467 e. The average Bonchev–Trinajstić information content (AvgIpc) is 3.37. The fourth-order valence-corrected chi connectivity index (χ4v) is 4.73. The maximum atomic E-state index is 12.8. The van der Waals surface area contributed by atoms with Gasteiger partial charge in [-0.15, -0.1) is 0 Å². The van der Waals surface area contributed by atoms with Gasteiger partial charge in [0.15, 0.2) is 22.7 Å². The summed E-state index contributed by atoms with van der Waals surface area (Å²) in [7, 11) is 4.63. The summed E-state index contributed by atoms with van der Waals surface area (Å²) in [6.45, 7) is 3.58. The Morgan fingerprint density at radius 1 is 0.891 bits per heavy atom. The predicted octanol–water partition coefficient (Wildman–Crippen LogP) is 5.62. The van der Waals surface area contributed by atoms with Crippen LogP contribution in [0.1, 0.15) is 41.1 Å². The normalized spacial score (nSPS) is 11.5. The van der Waals surface area contributed by atoms with Crippen LogP contribution in [0.2, 0.25) is 0 Å². The van der Waals surface area contributed by atoms with Crippen LogP contribution >= 0.6 is 0 Å². The minimum absolute atomic E-state index is 0.00979. The molecule has 2 aromatic heterocycles. The van der Waals surface area contributed by atoms with Crippen molar-refractivity contribution in [1.82, 2.24) is 24.4 Å². The number of rotatable bonds is 11. The number of amides is 1. The Kier molecular flexibility index (Phi) is 9.12. The summed E-state index contributed by atoms with van der Waals surface area (Å²) in [4.78, 5) is 40.7. The average molecular weight is 624 g/mol. The molecule has 0 aliphatic rings. The quantitative estimate of drug-likeness (QED) is 0.107. The molecule has 0 aliphatic carbocycles. The second-order valence-electron chi connectivity index (χ2n) is 10.4. The number of aromatic nitrogens is 4. The molecule has 0 spiro atoms. The van der Waals surface area contributed by atoms with E-state index in [9.17, 15) is 9.59 Å². The number of aryl methyl sites for hydroxylation is 1. The molecule has 13 heteroatoms. The molecule has 1 amide bonds. The highest BCUT2D eigenvalue weighted by molar-refractivity contribution is 5.95. The van der Waals surface area contributed by atoms with Crippen molar-refractivity contribution in [3.63, 3.8) is 0 Å². The van der Waals surface area contributed by atoms with Crippen LogP contribution in [0.15, 0.2) is 72.8 Å². The SMILES string of the molecule is CCC(C(=O)OC)n1c(C)nc2c(Oc3ccc(C(=N)N)cc3Oc3ccccc3)nc(Oc3cccc(C(=O)N(C)C)c3)nc21. The summed E-state index contributed by atoms with van der Waals surface area (Å²) >= 11 is 0. The number of carbonyl (C=O) groups excluding carboxylic acids is 2.